The number of halogens is 1. The van der Waals surface area contributed by atoms with E-state index in [9.17, 15) is 0 Å². The minimum Gasteiger partial charge on any atom is -0.382 e. The first-order chi connectivity index (χ1) is 6.68. The molecule has 2 aromatic heterocycles. The van der Waals surface area contributed by atoms with Crippen LogP contribution in [0.15, 0.2) is 29.3 Å². The van der Waals surface area contributed by atoms with Crippen molar-refractivity contribution in [3.05, 3.63) is 29.3 Å². The lowest BCUT2D eigenvalue weighted by Crippen LogP contribution is -2.09. The Morgan fingerprint density at radius 2 is 2.14 bits per heavy atom. The van der Waals surface area contributed by atoms with E-state index in [1.165, 1.54) is 11.0 Å². The van der Waals surface area contributed by atoms with Gasteiger partial charge in [-0.2, -0.15) is 0 Å². The third-order valence-electron chi connectivity index (χ3n) is 1.81. The summed E-state index contributed by atoms with van der Waals surface area (Å²) in [5, 5.41) is 0. The van der Waals surface area contributed by atoms with Crippen molar-refractivity contribution >= 4 is 21.7 Å². The fraction of sp³-hybridized carbons (Fsp3) is 0. The lowest BCUT2D eigenvalue weighted by molar-refractivity contribution is 1.01. The molecule has 0 atom stereocenters. The Labute approximate surface area is 88.9 Å². The molecule has 0 bridgehead atoms. The first kappa shape index (κ1) is 9.01. The SMILES string of the molecule is Nc1c(-c2cncc(Br)c2)ncn1N. The highest BCUT2D eigenvalue weighted by Crippen LogP contribution is 2.24. The molecule has 0 saturated heterocycles. The third kappa shape index (κ3) is 1.44. The van der Waals surface area contributed by atoms with Crippen LogP contribution in [-0.4, -0.2) is 14.6 Å². The molecule has 0 aliphatic carbocycles. The highest BCUT2D eigenvalue weighted by Gasteiger charge is 2.08. The van der Waals surface area contributed by atoms with E-state index in [1.54, 1.807) is 12.4 Å². The van der Waals surface area contributed by atoms with Gasteiger partial charge >= 0.3 is 0 Å². The van der Waals surface area contributed by atoms with Gasteiger partial charge in [0.05, 0.1) is 0 Å². The molecular weight excluding hydrogens is 246 g/mol. The van der Waals surface area contributed by atoms with E-state index in [0.717, 1.165) is 10.0 Å². The van der Waals surface area contributed by atoms with Gasteiger partial charge in [-0.05, 0) is 22.0 Å². The number of pyridine rings is 1. The van der Waals surface area contributed by atoms with Crippen LogP contribution in [0.4, 0.5) is 5.82 Å². The number of hydrogen-bond acceptors (Lipinski definition) is 4. The summed E-state index contributed by atoms with van der Waals surface area (Å²) in [6.45, 7) is 0. The summed E-state index contributed by atoms with van der Waals surface area (Å²) in [6.07, 6.45) is 4.84. The number of rotatable bonds is 1. The zero-order chi connectivity index (χ0) is 10.1. The summed E-state index contributed by atoms with van der Waals surface area (Å²) in [4.78, 5) is 8.10. The molecule has 0 aliphatic heterocycles. The molecule has 72 valence electrons. The molecule has 4 N–H and O–H groups in total. The van der Waals surface area contributed by atoms with Crippen LogP contribution in [0.5, 0.6) is 0 Å². The summed E-state index contributed by atoms with van der Waals surface area (Å²) in [5.74, 6) is 5.93. The predicted molar refractivity (Wildman–Crippen MR) is 57.7 cm³/mol. The minimum absolute atomic E-state index is 0.421. The Kier molecular flexibility index (Phi) is 2.12. The van der Waals surface area contributed by atoms with Gasteiger partial charge < -0.3 is 11.6 Å². The van der Waals surface area contributed by atoms with Crippen molar-refractivity contribution in [2.24, 2.45) is 0 Å². The molecule has 6 heteroatoms. The Hall–Kier alpha value is -1.56. The van der Waals surface area contributed by atoms with Gasteiger partial charge in [0.2, 0.25) is 0 Å². The zero-order valence-corrected chi connectivity index (χ0v) is 8.77. The maximum absolute atomic E-state index is 5.72. The molecule has 0 aliphatic rings. The van der Waals surface area contributed by atoms with Gasteiger partial charge in [-0.15, -0.1) is 0 Å². The second kappa shape index (κ2) is 3.30. The van der Waals surface area contributed by atoms with Gasteiger partial charge in [0.15, 0.2) is 5.82 Å². The normalized spacial score (nSPS) is 10.4. The quantitative estimate of drug-likeness (QED) is 0.744. The summed E-state index contributed by atoms with van der Waals surface area (Å²) in [7, 11) is 0. The van der Waals surface area contributed by atoms with Crippen LogP contribution >= 0.6 is 15.9 Å². The number of hydrogen-bond donors (Lipinski definition) is 2. The van der Waals surface area contributed by atoms with E-state index in [4.69, 9.17) is 11.6 Å². The first-order valence-corrected chi connectivity index (χ1v) is 4.66. The standard InChI is InChI=1S/C8H8BrN5/c9-6-1-5(2-12-3-6)7-8(10)14(11)4-13-7/h1-4H,10-11H2. The highest BCUT2D eigenvalue weighted by atomic mass is 79.9. The molecule has 0 amide bonds. The van der Waals surface area contributed by atoms with Crippen molar-refractivity contribution < 1.29 is 0 Å². The monoisotopic (exact) mass is 253 g/mol. The second-order valence-corrected chi connectivity index (χ2v) is 3.69. The predicted octanol–water partition coefficient (Wildman–Crippen LogP) is 1.00. The maximum atomic E-state index is 5.72. The molecule has 2 rings (SSSR count). The third-order valence-corrected chi connectivity index (χ3v) is 2.24. The molecule has 14 heavy (non-hydrogen) atoms. The average Bonchev–Trinajstić information content (AvgIpc) is 2.48. The van der Waals surface area contributed by atoms with E-state index in [2.05, 4.69) is 25.9 Å². The topological polar surface area (TPSA) is 82.8 Å². The first-order valence-electron chi connectivity index (χ1n) is 3.87. The molecule has 5 nitrogen and oxygen atoms in total. The summed E-state index contributed by atoms with van der Waals surface area (Å²) in [6, 6.07) is 1.88. The minimum atomic E-state index is 0.421. The average molecular weight is 254 g/mol. The number of imidazole rings is 1. The van der Waals surface area contributed by atoms with Crippen LogP contribution in [0.2, 0.25) is 0 Å². The smallest absolute Gasteiger partial charge is 0.150 e. The van der Waals surface area contributed by atoms with Crippen molar-refractivity contribution in [2.45, 2.75) is 0 Å². The van der Waals surface area contributed by atoms with Gasteiger partial charge in [0, 0.05) is 22.4 Å². The molecule has 0 saturated carbocycles. The van der Waals surface area contributed by atoms with Gasteiger partial charge in [-0.1, -0.05) is 0 Å². The van der Waals surface area contributed by atoms with Gasteiger partial charge in [0.1, 0.15) is 12.0 Å². The van der Waals surface area contributed by atoms with Crippen LogP contribution in [0.25, 0.3) is 11.3 Å². The molecule has 2 aromatic rings. The van der Waals surface area contributed by atoms with Crippen molar-refractivity contribution in [2.75, 3.05) is 11.6 Å². The summed E-state index contributed by atoms with van der Waals surface area (Å²) in [5.41, 5.74) is 7.19. The Balaban J connectivity index is 2.55. The lowest BCUT2D eigenvalue weighted by atomic mass is 10.2. The summed E-state index contributed by atoms with van der Waals surface area (Å²) < 4.78 is 2.15. The van der Waals surface area contributed by atoms with Gasteiger partial charge in [-0.25, -0.2) is 9.66 Å². The van der Waals surface area contributed by atoms with E-state index >= 15 is 0 Å². The molecule has 0 unspecified atom stereocenters. The molecule has 0 spiro atoms. The maximum Gasteiger partial charge on any atom is 0.150 e. The van der Waals surface area contributed by atoms with Crippen LogP contribution in [0.1, 0.15) is 0 Å². The number of aromatic nitrogens is 3. The number of nitrogen functional groups attached to an aromatic ring is 2. The van der Waals surface area contributed by atoms with Crippen molar-refractivity contribution in [3.63, 3.8) is 0 Å². The van der Waals surface area contributed by atoms with Gasteiger partial charge in [-0.3, -0.25) is 4.98 Å². The van der Waals surface area contributed by atoms with Crippen molar-refractivity contribution in [1.29, 1.82) is 0 Å². The lowest BCUT2D eigenvalue weighted by Gasteiger charge is -1.99. The summed E-state index contributed by atoms with van der Waals surface area (Å²) >= 11 is 3.32. The van der Waals surface area contributed by atoms with Crippen LogP contribution in [0.3, 0.4) is 0 Å². The van der Waals surface area contributed by atoms with Crippen molar-refractivity contribution in [3.8, 4) is 11.3 Å². The fourth-order valence-electron chi connectivity index (χ4n) is 1.13. The Morgan fingerprint density at radius 1 is 1.36 bits per heavy atom. The fourth-order valence-corrected chi connectivity index (χ4v) is 1.50. The number of nitrogens with two attached hydrogens (primary N) is 2. The van der Waals surface area contributed by atoms with E-state index < -0.39 is 0 Å². The Bertz CT molecular complexity index is 465. The zero-order valence-electron chi connectivity index (χ0n) is 7.18. The van der Waals surface area contributed by atoms with Crippen LogP contribution in [-0.2, 0) is 0 Å². The molecule has 0 aromatic carbocycles. The highest BCUT2D eigenvalue weighted by molar-refractivity contribution is 9.10. The Morgan fingerprint density at radius 3 is 2.71 bits per heavy atom. The largest absolute Gasteiger partial charge is 0.382 e. The van der Waals surface area contributed by atoms with E-state index in [1.807, 2.05) is 6.07 Å². The number of anilines is 1. The second-order valence-electron chi connectivity index (χ2n) is 2.78. The molecule has 2 heterocycles. The molecule has 0 radical (unpaired) electrons. The van der Waals surface area contributed by atoms with E-state index in [-0.39, 0.29) is 0 Å². The van der Waals surface area contributed by atoms with Gasteiger partial charge in [0.25, 0.3) is 0 Å². The number of nitrogens with zero attached hydrogens (tertiary/aromatic N) is 3. The molecule has 0 fully saturated rings. The van der Waals surface area contributed by atoms with Crippen molar-refractivity contribution in [1.82, 2.24) is 14.6 Å². The van der Waals surface area contributed by atoms with Crippen LogP contribution < -0.4 is 11.6 Å². The van der Waals surface area contributed by atoms with Crippen LogP contribution in [0, 0.1) is 0 Å². The van der Waals surface area contributed by atoms with E-state index in [0.29, 0.717) is 11.5 Å². The molecular formula is C8H8BrN5.